The molecule has 1 unspecified atom stereocenters. The number of allylic oxidation sites excluding steroid dienone is 2. The minimum absolute atomic E-state index is 0.0937. The van der Waals surface area contributed by atoms with Gasteiger partial charge in [0, 0.05) is 26.9 Å². The van der Waals surface area contributed by atoms with Crippen molar-refractivity contribution in [2.45, 2.75) is 152 Å². The highest BCUT2D eigenvalue weighted by molar-refractivity contribution is 5.69. The van der Waals surface area contributed by atoms with Crippen LogP contribution in [-0.2, 0) is 47.5 Å². The Morgan fingerprint density at radius 1 is 0.674 bits per heavy atom. The van der Waals surface area contributed by atoms with E-state index in [9.17, 15) is 34.8 Å². The Kier molecular flexibility index (Phi) is 16.9. The Morgan fingerprint density at radius 3 is 1.87 bits per heavy atom. The highest BCUT2D eigenvalue weighted by Crippen LogP contribution is 2.31. The minimum atomic E-state index is -1.78. The molecule has 4 aliphatic heterocycles. The van der Waals surface area contributed by atoms with Crippen LogP contribution in [0.2, 0.25) is 0 Å². The average molecular weight is 661 g/mol. The number of aliphatic hydroxyl groups is 4. The Bertz CT molecular complexity index is 959. The van der Waals surface area contributed by atoms with Crippen LogP contribution in [0.5, 0.6) is 0 Å². The molecule has 2 fully saturated rings. The number of carbonyl (C=O) groups excluding carboxylic acids is 3. The number of fused-ring (bicyclic) bond motifs is 18. The van der Waals surface area contributed by atoms with Gasteiger partial charge < -0.3 is 53.6 Å². The van der Waals surface area contributed by atoms with E-state index in [1.165, 1.54) is 13.8 Å². The predicted molar refractivity (Wildman–Crippen MR) is 160 cm³/mol. The second-order valence-corrected chi connectivity index (χ2v) is 12.1. The molecule has 2 saturated heterocycles. The van der Waals surface area contributed by atoms with Crippen molar-refractivity contribution >= 4 is 17.9 Å². The van der Waals surface area contributed by atoms with Crippen molar-refractivity contribution in [1.29, 1.82) is 0 Å². The summed E-state index contributed by atoms with van der Waals surface area (Å²) in [7, 11) is 0. The van der Waals surface area contributed by atoms with E-state index in [1.807, 2.05) is 0 Å². The van der Waals surface area contributed by atoms with Crippen molar-refractivity contribution in [1.82, 2.24) is 0 Å². The van der Waals surface area contributed by atoms with Crippen molar-refractivity contribution in [3.8, 4) is 0 Å². The molecule has 2 bridgehead atoms. The second kappa shape index (κ2) is 20.3. The van der Waals surface area contributed by atoms with Crippen molar-refractivity contribution in [3.05, 3.63) is 12.2 Å². The van der Waals surface area contributed by atoms with Gasteiger partial charge in [0.25, 0.3) is 0 Å². The predicted octanol–water partition coefficient (Wildman–Crippen LogP) is 1.57. The zero-order valence-electron chi connectivity index (χ0n) is 26.9. The summed E-state index contributed by atoms with van der Waals surface area (Å²) in [5.41, 5.74) is 0. The fourth-order valence-electron chi connectivity index (χ4n) is 5.60. The molecule has 4 heterocycles. The van der Waals surface area contributed by atoms with Gasteiger partial charge in [-0.2, -0.15) is 0 Å². The third-order valence-corrected chi connectivity index (χ3v) is 8.21. The summed E-state index contributed by atoms with van der Waals surface area (Å²) >= 11 is 0. The molecule has 46 heavy (non-hydrogen) atoms. The molecule has 0 saturated carbocycles. The van der Waals surface area contributed by atoms with E-state index >= 15 is 0 Å². The molecule has 10 atom stereocenters. The zero-order valence-corrected chi connectivity index (χ0v) is 26.9. The van der Waals surface area contributed by atoms with Crippen LogP contribution < -0.4 is 0 Å². The molecule has 0 radical (unpaired) electrons. The van der Waals surface area contributed by atoms with Gasteiger partial charge in [-0.1, -0.05) is 44.3 Å². The first kappa shape index (κ1) is 38.3. The summed E-state index contributed by atoms with van der Waals surface area (Å²) < 4.78 is 39.1. The Hall–Kier alpha value is -2.17. The van der Waals surface area contributed by atoms with E-state index in [-0.39, 0.29) is 19.6 Å². The van der Waals surface area contributed by atoms with Crippen LogP contribution in [0.4, 0.5) is 0 Å². The van der Waals surface area contributed by atoms with Gasteiger partial charge in [0.2, 0.25) is 0 Å². The van der Waals surface area contributed by atoms with E-state index in [0.29, 0.717) is 12.8 Å². The second-order valence-electron chi connectivity index (χ2n) is 12.1. The molecular formula is C32H52O14. The smallest absolute Gasteiger partial charge is 0.306 e. The summed E-state index contributed by atoms with van der Waals surface area (Å²) in [5, 5.41) is 43.9. The summed E-state index contributed by atoms with van der Waals surface area (Å²) in [6.07, 6.45) is -0.264. The van der Waals surface area contributed by atoms with Gasteiger partial charge in [-0.25, -0.2) is 0 Å². The number of rotatable bonds is 4. The molecule has 0 spiro atoms. The number of hydrogen-bond donors (Lipinski definition) is 4. The van der Waals surface area contributed by atoms with Crippen molar-refractivity contribution in [2.24, 2.45) is 0 Å². The maximum Gasteiger partial charge on any atom is 0.306 e. The summed E-state index contributed by atoms with van der Waals surface area (Å²) in [4.78, 5) is 35.7. The number of aliphatic hydroxyl groups excluding tert-OH is 4. The van der Waals surface area contributed by atoms with E-state index < -0.39 is 85.9 Å². The Morgan fingerprint density at radius 2 is 1.22 bits per heavy atom. The van der Waals surface area contributed by atoms with Crippen LogP contribution in [-0.4, -0.2) is 120 Å². The quantitative estimate of drug-likeness (QED) is 0.193. The molecule has 0 aromatic carbocycles. The molecule has 0 amide bonds. The highest BCUT2D eigenvalue weighted by atomic mass is 16.8. The standard InChI is InChI=1S/C32H52O14/c1-20(33)41-18-22-25(36)26(37)30-32(43-22)40-17-15-13-11-9-7-5-3-4-6-8-10-12-14-16-24(35)45-29-23(19-42-21(2)34)44-31(46-30)28(39)27(29)38/h3,5,22-23,25-32,36-39H,4,6-19H2,1-2H3/b5-3-/t22-,23-,25-,26+,27-,28?,29-,30-,31+,32-/m1/s1. The van der Waals surface area contributed by atoms with Crippen LogP contribution >= 0.6 is 0 Å². The monoisotopic (exact) mass is 660 g/mol. The number of carbonyl (C=O) groups is 3. The van der Waals surface area contributed by atoms with E-state index in [1.54, 1.807) is 0 Å². The van der Waals surface area contributed by atoms with Gasteiger partial charge in [0.15, 0.2) is 18.7 Å². The van der Waals surface area contributed by atoms with E-state index in [0.717, 1.165) is 57.8 Å². The first-order chi connectivity index (χ1) is 22.1. The maximum absolute atomic E-state index is 12.7. The van der Waals surface area contributed by atoms with Crippen molar-refractivity contribution in [3.63, 3.8) is 0 Å². The normalized spacial score (nSPS) is 37.0. The first-order valence-corrected chi connectivity index (χ1v) is 16.5. The van der Waals surface area contributed by atoms with Crippen molar-refractivity contribution in [2.75, 3.05) is 19.8 Å². The lowest BCUT2D eigenvalue weighted by Crippen LogP contribution is -2.65. The van der Waals surface area contributed by atoms with Gasteiger partial charge in [-0.15, -0.1) is 0 Å². The largest absolute Gasteiger partial charge is 0.463 e. The third kappa shape index (κ3) is 12.5. The van der Waals surface area contributed by atoms with Gasteiger partial charge in [-0.3, -0.25) is 14.4 Å². The highest BCUT2D eigenvalue weighted by Gasteiger charge is 2.52. The third-order valence-electron chi connectivity index (χ3n) is 8.21. The molecule has 14 heteroatoms. The summed E-state index contributed by atoms with van der Waals surface area (Å²) in [6.45, 7) is 1.80. The fraction of sp³-hybridized carbons (Fsp3) is 0.844. The lowest BCUT2D eigenvalue weighted by molar-refractivity contribution is -0.367. The lowest BCUT2D eigenvalue weighted by Gasteiger charge is -2.46. The molecule has 0 aromatic heterocycles. The molecule has 264 valence electrons. The average Bonchev–Trinajstić information content (AvgIpc) is 3.01. The van der Waals surface area contributed by atoms with Crippen LogP contribution in [0.3, 0.4) is 0 Å². The zero-order chi connectivity index (χ0) is 33.5. The Balaban J connectivity index is 1.79. The van der Waals surface area contributed by atoms with Crippen molar-refractivity contribution < 1.29 is 68.0 Å². The summed E-state index contributed by atoms with van der Waals surface area (Å²) in [5.74, 6) is -1.86. The first-order valence-electron chi connectivity index (χ1n) is 16.5. The van der Waals surface area contributed by atoms with Crippen LogP contribution in [0, 0.1) is 0 Å². The minimum Gasteiger partial charge on any atom is -0.463 e. The summed E-state index contributed by atoms with van der Waals surface area (Å²) in [6, 6.07) is 0. The molecule has 14 nitrogen and oxygen atoms in total. The SMILES string of the molecule is CC(=O)OC[C@H]1O[C@H]2OCCCCCC/C=C\CCCCCCCC(=O)O[C@H]3[C@H](O)C(O)[C@H](O[C@@H]2[C@@H](O)[C@@H]1O)O[C@@H]3COC(C)=O. The van der Waals surface area contributed by atoms with Gasteiger partial charge >= 0.3 is 17.9 Å². The van der Waals surface area contributed by atoms with Crippen LogP contribution in [0.1, 0.15) is 90.9 Å². The number of hydrogen-bond acceptors (Lipinski definition) is 14. The van der Waals surface area contributed by atoms with Crippen LogP contribution in [0.25, 0.3) is 0 Å². The molecule has 0 aliphatic carbocycles. The molecule has 4 rings (SSSR count). The van der Waals surface area contributed by atoms with Gasteiger partial charge in [-0.05, 0) is 38.5 Å². The van der Waals surface area contributed by atoms with Gasteiger partial charge in [0.1, 0.15) is 55.9 Å². The fourth-order valence-corrected chi connectivity index (χ4v) is 5.60. The Labute approximate surface area is 270 Å². The van der Waals surface area contributed by atoms with E-state index in [2.05, 4.69) is 12.2 Å². The maximum atomic E-state index is 12.7. The molecule has 4 aliphatic rings. The molecular weight excluding hydrogens is 608 g/mol. The molecule has 0 aromatic rings. The van der Waals surface area contributed by atoms with Gasteiger partial charge in [0.05, 0.1) is 0 Å². The van der Waals surface area contributed by atoms with Crippen LogP contribution in [0.15, 0.2) is 12.2 Å². The molecule has 4 N–H and O–H groups in total. The number of esters is 3. The lowest BCUT2D eigenvalue weighted by atomic mass is 9.97. The van der Waals surface area contributed by atoms with E-state index in [4.69, 9.17) is 33.2 Å². The number of ether oxygens (including phenoxy) is 7. The topological polar surface area (TPSA) is 197 Å².